The van der Waals surface area contributed by atoms with Crippen molar-refractivity contribution >= 4 is 5.78 Å². The highest BCUT2D eigenvalue weighted by atomic mass is 16.5. The molecule has 0 saturated carbocycles. The van der Waals surface area contributed by atoms with Crippen molar-refractivity contribution in [1.29, 1.82) is 0 Å². The van der Waals surface area contributed by atoms with Crippen molar-refractivity contribution in [3.8, 4) is 0 Å². The van der Waals surface area contributed by atoms with Crippen LogP contribution in [0.2, 0.25) is 0 Å². The molecule has 0 N–H and O–H groups in total. The largest absolute Gasteiger partial charge is 0.378 e. The Balaban J connectivity index is 1.73. The van der Waals surface area contributed by atoms with Gasteiger partial charge in [0, 0.05) is 37.3 Å². The zero-order chi connectivity index (χ0) is 16.4. The van der Waals surface area contributed by atoms with E-state index in [2.05, 4.69) is 15.9 Å². The van der Waals surface area contributed by atoms with E-state index in [4.69, 9.17) is 9.47 Å². The molecule has 5 heteroatoms. The molecule has 24 heavy (non-hydrogen) atoms. The molecular weight excluding hydrogens is 304 g/mol. The van der Waals surface area contributed by atoms with E-state index in [1.807, 2.05) is 18.2 Å². The summed E-state index contributed by atoms with van der Waals surface area (Å²) in [5, 5.41) is 0. The van der Waals surface area contributed by atoms with Crippen LogP contribution in [0.3, 0.4) is 0 Å². The fraction of sp³-hybridized carbons (Fsp3) is 0.526. The molecule has 0 atom stereocenters. The second-order valence-electron chi connectivity index (χ2n) is 6.49. The summed E-state index contributed by atoms with van der Waals surface area (Å²) in [6.07, 6.45) is 1.76. The van der Waals surface area contributed by atoms with Crippen molar-refractivity contribution in [2.24, 2.45) is 0 Å². The second kappa shape index (κ2) is 6.95. The number of carbonyl (C=O) groups is 1. The molecule has 0 aromatic heterocycles. The van der Waals surface area contributed by atoms with Gasteiger partial charge in [-0.1, -0.05) is 24.3 Å². The first kappa shape index (κ1) is 15.7. The van der Waals surface area contributed by atoms with Gasteiger partial charge in [0.15, 0.2) is 5.78 Å². The highest BCUT2D eigenvalue weighted by Crippen LogP contribution is 2.30. The maximum atomic E-state index is 13.2. The number of benzene rings is 1. The lowest BCUT2D eigenvalue weighted by Crippen LogP contribution is -2.47. The van der Waals surface area contributed by atoms with Crippen LogP contribution in [0.1, 0.15) is 22.3 Å². The van der Waals surface area contributed by atoms with Crippen molar-refractivity contribution in [2.45, 2.75) is 12.8 Å². The van der Waals surface area contributed by atoms with E-state index in [0.29, 0.717) is 0 Å². The Morgan fingerprint density at radius 3 is 2.04 bits per heavy atom. The van der Waals surface area contributed by atoms with Gasteiger partial charge in [-0.2, -0.15) is 0 Å². The fourth-order valence-electron chi connectivity index (χ4n) is 3.84. The van der Waals surface area contributed by atoms with Crippen LogP contribution in [0.4, 0.5) is 0 Å². The van der Waals surface area contributed by atoms with Crippen molar-refractivity contribution in [2.75, 3.05) is 52.6 Å². The summed E-state index contributed by atoms with van der Waals surface area (Å²) in [4.78, 5) is 17.9. The number of ketones is 1. The molecule has 128 valence electrons. The molecule has 3 aliphatic rings. The molecule has 1 aliphatic carbocycles. The third kappa shape index (κ3) is 2.94. The summed E-state index contributed by atoms with van der Waals surface area (Å²) in [5.41, 5.74) is 3.02. The van der Waals surface area contributed by atoms with E-state index in [-0.39, 0.29) is 5.78 Å². The number of rotatable bonds is 2. The van der Waals surface area contributed by atoms with E-state index in [1.165, 1.54) is 5.56 Å². The number of morpholine rings is 2. The molecule has 4 rings (SSSR count). The number of hydrogen-bond acceptors (Lipinski definition) is 5. The monoisotopic (exact) mass is 328 g/mol. The van der Waals surface area contributed by atoms with Crippen molar-refractivity contribution in [3.63, 3.8) is 0 Å². The van der Waals surface area contributed by atoms with Gasteiger partial charge in [-0.15, -0.1) is 0 Å². The molecule has 1 aromatic carbocycles. The fourth-order valence-corrected chi connectivity index (χ4v) is 3.84. The Kier molecular flexibility index (Phi) is 4.54. The van der Waals surface area contributed by atoms with Crippen LogP contribution in [0.25, 0.3) is 0 Å². The molecule has 2 fully saturated rings. The summed E-state index contributed by atoms with van der Waals surface area (Å²) >= 11 is 0. The number of allylic oxidation sites excluding steroid dienone is 1. The zero-order valence-corrected chi connectivity index (χ0v) is 14.0. The van der Waals surface area contributed by atoms with Gasteiger partial charge in [0.2, 0.25) is 0 Å². The first-order chi connectivity index (χ1) is 11.8. The summed E-state index contributed by atoms with van der Waals surface area (Å²) in [5.74, 6) is 1.32. The zero-order valence-electron chi connectivity index (χ0n) is 14.0. The first-order valence-corrected chi connectivity index (χ1v) is 8.86. The van der Waals surface area contributed by atoms with Gasteiger partial charge >= 0.3 is 0 Å². The maximum Gasteiger partial charge on any atom is 0.192 e. The first-order valence-electron chi connectivity index (χ1n) is 8.86. The molecule has 0 amide bonds. The van der Waals surface area contributed by atoms with Crippen LogP contribution in [-0.4, -0.2) is 68.2 Å². The number of nitrogens with zero attached hydrogens (tertiary/aromatic N) is 2. The van der Waals surface area contributed by atoms with Gasteiger partial charge in [-0.3, -0.25) is 4.79 Å². The molecule has 2 aliphatic heterocycles. The number of fused-ring (bicyclic) bond motifs is 1. The van der Waals surface area contributed by atoms with Crippen LogP contribution in [-0.2, 0) is 15.9 Å². The SMILES string of the molecule is O=C1C(=C(N2CCOCC2)N2CCOCC2)CCc2ccccc21. The molecule has 2 heterocycles. The van der Waals surface area contributed by atoms with Crippen molar-refractivity contribution in [1.82, 2.24) is 9.80 Å². The third-order valence-electron chi connectivity index (χ3n) is 5.07. The minimum Gasteiger partial charge on any atom is -0.378 e. The molecule has 1 aromatic rings. The van der Waals surface area contributed by atoms with Gasteiger partial charge in [0.25, 0.3) is 0 Å². The third-order valence-corrected chi connectivity index (χ3v) is 5.07. The smallest absolute Gasteiger partial charge is 0.192 e. The number of hydrogen-bond donors (Lipinski definition) is 0. The van der Waals surface area contributed by atoms with Crippen LogP contribution in [0.15, 0.2) is 35.7 Å². The molecule has 5 nitrogen and oxygen atoms in total. The molecule has 0 unspecified atom stereocenters. The predicted molar refractivity (Wildman–Crippen MR) is 90.9 cm³/mol. The Morgan fingerprint density at radius 1 is 0.833 bits per heavy atom. The van der Waals surface area contributed by atoms with Gasteiger partial charge < -0.3 is 19.3 Å². The van der Waals surface area contributed by atoms with Gasteiger partial charge in [0.05, 0.1) is 26.4 Å². The lowest BCUT2D eigenvalue weighted by Gasteiger charge is -2.41. The van der Waals surface area contributed by atoms with Crippen molar-refractivity contribution < 1.29 is 14.3 Å². The van der Waals surface area contributed by atoms with E-state index >= 15 is 0 Å². The van der Waals surface area contributed by atoms with Crippen LogP contribution in [0.5, 0.6) is 0 Å². The standard InChI is InChI=1S/C19H24N2O3/c22-18-16-4-2-1-3-15(16)5-6-17(18)19(20-7-11-23-12-8-20)21-9-13-24-14-10-21/h1-4H,5-14H2. The molecule has 2 saturated heterocycles. The summed E-state index contributed by atoms with van der Waals surface area (Å²) in [6.45, 7) is 6.32. The van der Waals surface area contributed by atoms with E-state index in [1.54, 1.807) is 0 Å². The Morgan fingerprint density at radius 2 is 1.42 bits per heavy atom. The second-order valence-corrected chi connectivity index (χ2v) is 6.49. The average molecular weight is 328 g/mol. The molecule has 0 spiro atoms. The summed E-state index contributed by atoms with van der Waals surface area (Å²) in [7, 11) is 0. The Hall–Kier alpha value is -1.85. The normalized spacial score (nSPS) is 21.7. The number of Topliss-reactive ketones (excluding diaryl/α,β-unsaturated/α-hetero) is 1. The average Bonchev–Trinajstić information content (AvgIpc) is 2.66. The van der Waals surface area contributed by atoms with Gasteiger partial charge in [0.1, 0.15) is 5.82 Å². The Labute approximate surface area is 142 Å². The quantitative estimate of drug-likeness (QED) is 0.773. The lowest BCUT2D eigenvalue weighted by atomic mass is 9.86. The Bertz CT molecular complexity index is 624. The predicted octanol–water partition coefficient (Wildman–Crippen LogP) is 1.69. The van der Waals surface area contributed by atoms with Gasteiger partial charge in [-0.25, -0.2) is 0 Å². The number of aryl methyl sites for hydroxylation is 1. The van der Waals surface area contributed by atoms with Crippen LogP contribution < -0.4 is 0 Å². The highest BCUT2D eigenvalue weighted by Gasteiger charge is 2.31. The minimum atomic E-state index is 0.199. The number of carbonyl (C=O) groups excluding carboxylic acids is 1. The topological polar surface area (TPSA) is 42.0 Å². The van der Waals surface area contributed by atoms with Crippen LogP contribution in [0, 0.1) is 0 Å². The summed E-state index contributed by atoms with van der Waals surface area (Å²) in [6, 6.07) is 8.02. The highest BCUT2D eigenvalue weighted by molar-refractivity contribution is 6.11. The molecule has 0 bridgehead atoms. The van der Waals surface area contributed by atoms with Crippen molar-refractivity contribution in [3.05, 3.63) is 46.8 Å². The van der Waals surface area contributed by atoms with Crippen LogP contribution >= 0.6 is 0 Å². The van der Waals surface area contributed by atoms with Gasteiger partial charge in [-0.05, 0) is 18.4 Å². The van der Waals surface area contributed by atoms with E-state index in [0.717, 1.165) is 82.4 Å². The van der Waals surface area contributed by atoms with E-state index in [9.17, 15) is 4.79 Å². The van der Waals surface area contributed by atoms with E-state index < -0.39 is 0 Å². The minimum absolute atomic E-state index is 0.199. The maximum absolute atomic E-state index is 13.2. The summed E-state index contributed by atoms with van der Waals surface area (Å²) < 4.78 is 11.0. The molecular formula is C19H24N2O3. The lowest BCUT2D eigenvalue weighted by molar-refractivity contribution is 0.00714. The molecule has 0 radical (unpaired) electrons. The number of ether oxygens (including phenoxy) is 2.